The molecule has 0 radical (unpaired) electrons. The number of aromatic hydroxyl groups is 1. The minimum absolute atomic E-state index is 0.0607. The van der Waals surface area contributed by atoms with Crippen molar-refractivity contribution in [3.8, 4) is 5.75 Å². The molecule has 0 spiro atoms. The number of aliphatic hydroxyl groups excluding tert-OH is 2. The van der Waals surface area contributed by atoms with Gasteiger partial charge in [-0.2, -0.15) is 0 Å². The molecule has 2 fully saturated rings. The molecule has 0 heterocycles. The average molecular weight is 403 g/mol. The Hall–Kier alpha value is -1.06. The molecule has 3 nitrogen and oxygen atoms in total. The maximum absolute atomic E-state index is 11.0. The van der Waals surface area contributed by atoms with E-state index in [2.05, 4.69) is 32.9 Å². The highest BCUT2D eigenvalue weighted by Crippen LogP contribution is 2.51. The zero-order chi connectivity index (χ0) is 21.0. The van der Waals surface area contributed by atoms with Crippen molar-refractivity contribution in [3.05, 3.63) is 29.3 Å². The van der Waals surface area contributed by atoms with Gasteiger partial charge in [0.1, 0.15) is 5.75 Å². The second-order valence-corrected chi connectivity index (χ2v) is 10.5. The van der Waals surface area contributed by atoms with Crippen molar-refractivity contribution in [1.82, 2.24) is 0 Å². The van der Waals surface area contributed by atoms with Crippen molar-refractivity contribution in [2.24, 2.45) is 17.8 Å². The highest BCUT2D eigenvalue weighted by atomic mass is 16.3. The molecule has 0 aliphatic heterocycles. The number of unbranched alkanes of at least 4 members (excludes halogenated alkanes) is 3. The Kier molecular flexibility index (Phi) is 7.67. The van der Waals surface area contributed by atoms with Crippen molar-refractivity contribution in [3.63, 3.8) is 0 Å². The second-order valence-electron chi connectivity index (χ2n) is 10.5. The summed E-state index contributed by atoms with van der Waals surface area (Å²) in [5.74, 6) is 1.94. The van der Waals surface area contributed by atoms with Crippen LogP contribution in [0.5, 0.6) is 5.75 Å². The minimum atomic E-state index is -0.277. The Balaban J connectivity index is 1.77. The number of hydrogen-bond donors (Lipinski definition) is 3. The maximum Gasteiger partial charge on any atom is 0.119 e. The van der Waals surface area contributed by atoms with Gasteiger partial charge in [-0.1, -0.05) is 58.6 Å². The van der Waals surface area contributed by atoms with Crippen LogP contribution in [0.25, 0.3) is 0 Å². The first kappa shape index (κ1) is 22.6. The van der Waals surface area contributed by atoms with Crippen molar-refractivity contribution >= 4 is 0 Å². The van der Waals surface area contributed by atoms with Crippen LogP contribution in [0.15, 0.2) is 18.2 Å². The summed E-state index contributed by atoms with van der Waals surface area (Å²) in [6.07, 6.45) is 10.7. The van der Waals surface area contributed by atoms with Crippen molar-refractivity contribution in [2.75, 3.05) is 6.61 Å². The molecule has 3 rings (SSSR count). The van der Waals surface area contributed by atoms with E-state index in [-0.39, 0.29) is 24.0 Å². The molecule has 29 heavy (non-hydrogen) atoms. The quantitative estimate of drug-likeness (QED) is 0.474. The van der Waals surface area contributed by atoms with Gasteiger partial charge in [-0.05, 0) is 84.8 Å². The SMILES string of the molecule is CCCCCCC(C)(C)c1ccc([C@@H]2C[C@H](O)C[C@@H]3CC[C@H](CO)CC32)c(O)c1. The Bertz CT molecular complexity index is 653. The van der Waals surface area contributed by atoms with E-state index in [1.165, 1.54) is 31.2 Å². The largest absolute Gasteiger partial charge is 0.508 e. The number of benzene rings is 1. The van der Waals surface area contributed by atoms with E-state index in [0.29, 0.717) is 23.5 Å². The van der Waals surface area contributed by atoms with Crippen molar-refractivity contribution in [2.45, 2.75) is 102 Å². The molecule has 1 aromatic rings. The van der Waals surface area contributed by atoms with Crippen LogP contribution < -0.4 is 0 Å². The predicted molar refractivity (Wildman–Crippen MR) is 119 cm³/mol. The van der Waals surface area contributed by atoms with Crippen LogP contribution >= 0.6 is 0 Å². The third-order valence-electron chi connectivity index (χ3n) is 7.90. The van der Waals surface area contributed by atoms with Gasteiger partial charge in [0.05, 0.1) is 6.10 Å². The summed E-state index contributed by atoms with van der Waals surface area (Å²) >= 11 is 0. The van der Waals surface area contributed by atoms with Crippen molar-refractivity contribution in [1.29, 1.82) is 0 Å². The lowest BCUT2D eigenvalue weighted by atomic mass is 9.60. The van der Waals surface area contributed by atoms with E-state index in [0.717, 1.165) is 44.1 Å². The lowest BCUT2D eigenvalue weighted by molar-refractivity contribution is 0.00985. The fourth-order valence-electron chi connectivity index (χ4n) is 6.00. The van der Waals surface area contributed by atoms with E-state index < -0.39 is 0 Å². The normalized spacial score (nSPS) is 30.2. The van der Waals surface area contributed by atoms with Crippen molar-refractivity contribution < 1.29 is 15.3 Å². The molecule has 164 valence electrons. The zero-order valence-electron chi connectivity index (χ0n) is 18.7. The number of aliphatic hydroxyl groups is 2. The van der Waals surface area contributed by atoms with Crippen LogP contribution in [0.1, 0.15) is 102 Å². The fraction of sp³-hybridized carbons (Fsp3) is 0.769. The summed E-state index contributed by atoms with van der Waals surface area (Å²) in [7, 11) is 0. The number of phenolic OH excluding ortho intramolecular Hbond substituents is 1. The standard InChI is InChI=1S/C26H42O3/c1-4-5-6-7-12-26(2,3)20-10-11-22(25(29)15-20)24-16-21(28)14-19-9-8-18(17-27)13-23(19)24/h10-11,15,18-19,21,23-24,27-29H,4-9,12-14,16-17H2,1-3H3/t18-,19-,21+,23?,24-/m0/s1. The first-order valence-electron chi connectivity index (χ1n) is 12.0. The molecule has 3 N–H and O–H groups in total. The van der Waals surface area contributed by atoms with Gasteiger partial charge in [0, 0.05) is 6.61 Å². The number of fused-ring (bicyclic) bond motifs is 1. The molecular weight excluding hydrogens is 360 g/mol. The Morgan fingerprint density at radius 2 is 1.83 bits per heavy atom. The van der Waals surface area contributed by atoms with Gasteiger partial charge < -0.3 is 15.3 Å². The third kappa shape index (κ3) is 5.35. The monoisotopic (exact) mass is 402 g/mol. The van der Waals surface area contributed by atoms with Crippen LogP contribution in [0.2, 0.25) is 0 Å². The summed E-state index contributed by atoms with van der Waals surface area (Å²) in [6.45, 7) is 7.06. The third-order valence-corrected chi connectivity index (χ3v) is 7.90. The molecule has 0 saturated heterocycles. The van der Waals surface area contributed by atoms with Crippen LogP contribution in [0, 0.1) is 17.8 Å². The van der Waals surface area contributed by atoms with Gasteiger partial charge >= 0.3 is 0 Å². The van der Waals surface area contributed by atoms with Gasteiger partial charge in [-0.25, -0.2) is 0 Å². The van der Waals surface area contributed by atoms with E-state index in [9.17, 15) is 15.3 Å². The molecule has 2 saturated carbocycles. The van der Waals surface area contributed by atoms with Gasteiger partial charge in [-0.15, -0.1) is 0 Å². The molecule has 0 amide bonds. The Labute approximate surface area is 177 Å². The summed E-state index contributed by atoms with van der Waals surface area (Å²) in [5, 5.41) is 31.1. The number of phenols is 1. The van der Waals surface area contributed by atoms with E-state index in [4.69, 9.17) is 0 Å². The molecule has 2 aliphatic rings. The molecule has 3 heteroatoms. The predicted octanol–water partition coefficient (Wildman–Crippen LogP) is 5.90. The molecule has 0 aromatic heterocycles. The van der Waals surface area contributed by atoms with Crippen LogP contribution in [-0.2, 0) is 5.41 Å². The molecule has 1 aromatic carbocycles. The highest BCUT2D eigenvalue weighted by Gasteiger charge is 2.42. The summed E-state index contributed by atoms with van der Waals surface area (Å²) in [5.41, 5.74) is 2.27. The van der Waals surface area contributed by atoms with Gasteiger partial charge in [0.25, 0.3) is 0 Å². The fourth-order valence-corrected chi connectivity index (χ4v) is 6.00. The van der Waals surface area contributed by atoms with E-state index in [1.54, 1.807) is 0 Å². The second kappa shape index (κ2) is 9.83. The molecule has 5 atom stereocenters. The molecule has 1 unspecified atom stereocenters. The molecular formula is C26H42O3. The first-order valence-corrected chi connectivity index (χ1v) is 12.0. The summed E-state index contributed by atoms with van der Waals surface area (Å²) < 4.78 is 0. The van der Waals surface area contributed by atoms with Gasteiger partial charge in [-0.3, -0.25) is 0 Å². The van der Waals surface area contributed by atoms with E-state index >= 15 is 0 Å². The van der Waals surface area contributed by atoms with Crippen LogP contribution in [0.3, 0.4) is 0 Å². The molecule has 0 bridgehead atoms. The zero-order valence-corrected chi connectivity index (χ0v) is 18.7. The number of rotatable bonds is 8. The Morgan fingerprint density at radius 3 is 2.52 bits per heavy atom. The minimum Gasteiger partial charge on any atom is -0.508 e. The maximum atomic E-state index is 11.0. The highest BCUT2D eigenvalue weighted by molar-refractivity contribution is 5.42. The van der Waals surface area contributed by atoms with Crippen LogP contribution in [0.4, 0.5) is 0 Å². The summed E-state index contributed by atoms with van der Waals surface area (Å²) in [4.78, 5) is 0. The van der Waals surface area contributed by atoms with E-state index in [1.807, 2.05) is 6.07 Å². The number of hydrogen-bond acceptors (Lipinski definition) is 3. The lowest BCUT2D eigenvalue weighted by Gasteiger charge is -2.46. The first-order chi connectivity index (χ1) is 13.9. The lowest BCUT2D eigenvalue weighted by Crippen LogP contribution is -2.38. The topological polar surface area (TPSA) is 60.7 Å². The van der Waals surface area contributed by atoms with Gasteiger partial charge in [0.2, 0.25) is 0 Å². The van der Waals surface area contributed by atoms with Crippen LogP contribution in [-0.4, -0.2) is 28.0 Å². The Morgan fingerprint density at radius 1 is 1.03 bits per heavy atom. The molecule has 2 aliphatic carbocycles. The van der Waals surface area contributed by atoms with Gasteiger partial charge in [0.15, 0.2) is 0 Å². The summed E-state index contributed by atoms with van der Waals surface area (Å²) in [6, 6.07) is 6.31. The smallest absolute Gasteiger partial charge is 0.119 e. The average Bonchev–Trinajstić information content (AvgIpc) is 2.70.